The molecule has 0 spiro atoms. The highest BCUT2D eigenvalue weighted by Gasteiger charge is 2.60. The molecular formula is C41H59NO4. The summed E-state index contributed by atoms with van der Waals surface area (Å²) in [7, 11) is 1.93. The second-order valence-electron chi connectivity index (χ2n) is 15.9. The normalized spacial score (nSPS) is 36.2. The molecule has 9 unspecified atom stereocenters. The van der Waals surface area contributed by atoms with E-state index in [4.69, 9.17) is 14.2 Å². The number of hydrogen-bond donors (Lipinski definition) is 0. The van der Waals surface area contributed by atoms with Crippen LogP contribution in [0.5, 0.6) is 0 Å². The number of fused-ring (bicyclic) bond motifs is 8. The van der Waals surface area contributed by atoms with Crippen LogP contribution in [-0.2, 0) is 20.6 Å². The van der Waals surface area contributed by atoms with Gasteiger partial charge < -0.3 is 14.2 Å². The van der Waals surface area contributed by atoms with Gasteiger partial charge in [-0.05, 0) is 129 Å². The van der Waals surface area contributed by atoms with Gasteiger partial charge in [-0.3, -0.25) is 4.90 Å². The summed E-state index contributed by atoms with van der Waals surface area (Å²) in [5.41, 5.74) is 6.51. The van der Waals surface area contributed by atoms with Gasteiger partial charge in [0.2, 0.25) is 0 Å². The van der Waals surface area contributed by atoms with Gasteiger partial charge >= 0.3 is 5.97 Å². The zero-order valence-corrected chi connectivity index (χ0v) is 29.1. The highest BCUT2D eigenvalue weighted by Crippen LogP contribution is 2.63. The molecule has 2 heterocycles. The van der Waals surface area contributed by atoms with Crippen LogP contribution in [0.3, 0.4) is 0 Å². The predicted molar refractivity (Wildman–Crippen MR) is 183 cm³/mol. The van der Waals surface area contributed by atoms with Crippen molar-refractivity contribution in [3.05, 3.63) is 58.4 Å². The quantitative estimate of drug-likeness (QED) is 0.202. The fraction of sp³-hybridized carbons (Fsp3) is 0.732. The number of ether oxygens (including phenoxy) is 3. The molecule has 46 heavy (non-hydrogen) atoms. The summed E-state index contributed by atoms with van der Waals surface area (Å²) in [6.45, 7) is 8.81. The van der Waals surface area contributed by atoms with Crippen LogP contribution in [0.15, 0.2) is 47.2 Å². The van der Waals surface area contributed by atoms with Gasteiger partial charge in [0.1, 0.15) is 12.2 Å². The Bertz CT molecular complexity index is 1280. The van der Waals surface area contributed by atoms with E-state index in [1.165, 1.54) is 80.9 Å². The van der Waals surface area contributed by atoms with Gasteiger partial charge in [-0.1, -0.05) is 57.6 Å². The molecule has 5 nitrogen and oxygen atoms in total. The minimum atomic E-state index is -0.168. The molecule has 1 aromatic rings. The average Bonchev–Trinajstić information content (AvgIpc) is 3.48. The molecule has 4 aliphatic carbocycles. The number of nitrogens with zero attached hydrogens (tertiary/aromatic N) is 1. The molecule has 6 aliphatic rings. The molecule has 0 N–H and O–H groups in total. The Kier molecular flexibility index (Phi) is 9.99. The first-order valence-electron chi connectivity index (χ1n) is 19.1. The first kappa shape index (κ1) is 32.4. The summed E-state index contributed by atoms with van der Waals surface area (Å²) in [5.74, 6) is 4.36. The molecular weight excluding hydrogens is 570 g/mol. The third kappa shape index (κ3) is 6.25. The van der Waals surface area contributed by atoms with E-state index in [-0.39, 0.29) is 24.3 Å². The second kappa shape index (κ2) is 14.2. The molecule has 2 aliphatic heterocycles. The zero-order chi connectivity index (χ0) is 31.8. The van der Waals surface area contributed by atoms with Gasteiger partial charge in [-0.25, -0.2) is 4.79 Å². The minimum absolute atomic E-state index is 0.00645. The lowest BCUT2D eigenvalue weighted by Crippen LogP contribution is -2.59. The largest absolute Gasteiger partial charge is 0.493 e. The number of rotatable bonds is 9. The summed E-state index contributed by atoms with van der Waals surface area (Å²) in [4.78, 5) is 15.8. The van der Waals surface area contributed by atoms with Crippen molar-refractivity contribution >= 4 is 5.97 Å². The molecule has 1 aromatic carbocycles. The van der Waals surface area contributed by atoms with E-state index in [9.17, 15) is 4.79 Å². The summed E-state index contributed by atoms with van der Waals surface area (Å²) >= 11 is 0. The maximum atomic E-state index is 13.1. The number of carbonyl (C=O) groups is 1. The number of methoxy groups -OCH3 is 1. The van der Waals surface area contributed by atoms with Crippen LogP contribution in [0.25, 0.3) is 0 Å². The molecule has 0 radical (unpaired) electrons. The molecule has 5 fully saturated rings. The van der Waals surface area contributed by atoms with Crippen molar-refractivity contribution < 1.29 is 19.0 Å². The predicted octanol–water partition coefficient (Wildman–Crippen LogP) is 8.92. The third-order valence-electron chi connectivity index (χ3n) is 13.5. The van der Waals surface area contributed by atoms with Crippen LogP contribution in [0.1, 0.15) is 120 Å². The summed E-state index contributed by atoms with van der Waals surface area (Å²) in [6, 6.07) is 8.57. The Balaban J connectivity index is 1.00. The highest BCUT2D eigenvalue weighted by atomic mass is 16.5. The van der Waals surface area contributed by atoms with Gasteiger partial charge in [-0.2, -0.15) is 0 Å². The SMILES string of the molecule is CCCCCCc1ccc(C(=O)OC2CCN(C3CC4C(CC3OC)C3OC=C(C)C(C)=C3C3CC5CCCCC5C34)CC2)cc1. The van der Waals surface area contributed by atoms with Gasteiger partial charge in [0.25, 0.3) is 0 Å². The van der Waals surface area contributed by atoms with Crippen molar-refractivity contribution in [2.45, 2.75) is 135 Å². The monoisotopic (exact) mass is 629 g/mol. The second-order valence-corrected chi connectivity index (χ2v) is 15.9. The molecule has 5 heteroatoms. The van der Waals surface area contributed by atoms with Crippen molar-refractivity contribution in [1.82, 2.24) is 4.90 Å². The van der Waals surface area contributed by atoms with E-state index < -0.39 is 0 Å². The maximum Gasteiger partial charge on any atom is 0.338 e. The number of carbonyl (C=O) groups excluding carboxylic acids is 1. The molecule has 0 aromatic heterocycles. The standard InChI is InChI=1S/C41H59NO4/c1-5-6-7-8-11-28-14-16-29(17-15-28)41(43)46-31-18-20-42(21-19-31)36-23-33-34(24-37(36)44-4)40-38(27(3)26(2)25-45-40)35-22-30-12-9-10-13-32(30)39(33)35/h14-17,25,30-37,39-40H,5-13,18-24H2,1-4H3. The lowest BCUT2D eigenvalue weighted by Gasteiger charge is -2.56. The van der Waals surface area contributed by atoms with Crippen LogP contribution in [0.4, 0.5) is 0 Å². The number of hydrogen-bond acceptors (Lipinski definition) is 5. The summed E-state index contributed by atoms with van der Waals surface area (Å²) in [5, 5.41) is 0. The Hall–Kier alpha value is -2.11. The van der Waals surface area contributed by atoms with E-state index in [0.717, 1.165) is 56.5 Å². The summed E-state index contributed by atoms with van der Waals surface area (Å²) in [6.07, 6.45) is 19.8. The molecule has 9 atom stereocenters. The van der Waals surface area contributed by atoms with Crippen LogP contribution in [-0.4, -0.2) is 55.4 Å². The number of allylic oxidation sites excluding steroid dienone is 2. The van der Waals surface area contributed by atoms with Gasteiger partial charge in [0.15, 0.2) is 0 Å². The van der Waals surface area contributed by atoms with E-state index in [1.54, 1.807) is 5.57 Å². The van der Waals surface area contributed by atoms with Crippen molar-refractivity contribution in [3.8, 4) is 0 Å². The number of piperidine rings is 1. The Morgan fingerprint density at radius 3 is 2.46 bits per heavy atom. The smallest absolute Gasteiger partial charge is 0.338 e. The summed E-state index contributed by atoms with van der Waals surface area (Å²) < 4.78 is 19.1. The van der Waals surface area contributed by atoms with Gasteiger partial charge in [0, 0.05) is 32.2 Å². The van der Waals surface area contributed by atoms with E-state index in [0.29, 0.717) is 29.4 Å². The topological polar surface area (TPSA) is 48.0 Å². The van der Waals surface area contributed by atoms with Crippen LogP contribution >= 0.6 is 0 Å². The van der Waals surface area contributed by atoms with Crippen molar-refractivity contribution in [2.24, 2.45) is 35.5 Å². The van der Waals surface area contributed by atoms with Crippen molar-refractivity contribution in [3.63, 3.8) is 0 Å². The number of unbranched alkanes of at least 4 members (excludes halogenated alkanes) is 3. The fourth-order valence-electron chi connectivity index (χ4n) is 11.1. The van der Waals surface area contributed by atoms with Gasteiger partial charge in [-0.15, -0.1) is 0 Å². The van der Waals surface area contributed by atoms with Gasteiger partial charge in [0.05, 0.1) is 17.9 Å². The number of aryl methyl sites for hydroxylation is 1. The molecule has 1 saturated heterocycles. The van der Waals surface area contributed by atoms with E-state index in [1.807, 2.05) is 19.2 Å². The average molecular weight is 630 g/mol. The zero-order valence-electron chi connectivity index (χ0n) is 29.1. The first-order valence-corrected chi connectivity index (χ1v) is 19.1. The maximum absolute atomic E-state index is 13.1. The first-order chi connectivity index (χ1) is 22.5. The lowest BCUT2D eigenvalue weighted by molar-refractivity contribution is -0.111. The lowest BCUT2D eigenvalue weighted by atomic mass is 9.55. The Morgan fingerprint density at radius 2 is 1.70 bits per heavy atom. The van der Waals surface area contributed by atoms with Crippen LogP contribution < -0.4 is 0 Å². The van der Waals surface area contributed by atoms with E-state index >= 15 is 0 Å². The third-order valence-corrected chi connectivity index (χ3v) is 13.5. The number of benzene rings is 1. The molecule has 0 amide bonds. The highest BCUT2D eigenvalue weighted by molar-refractivity contribution is 5.89. The molecule has 252 valence electrons. The van der Waals surface area contributed by atoms with E-state index in [2.05, 4.69) is 44.1 Å². The number of likely N-dealkylation sites (tertiary alicyclic amines) is 1. The Morgan fingerprint density at radius 1 is 0.913 bits per heavy atom. The Labute approximate surface area is 278 Å². The molecule has 7 rings (SSSR count). The van der Waals surface area contributed by atoms with Crippen LogP contribution in [0.2, 0.25) is 0 Å². The number of esters is 1. The van der Waals surface area contributed by atoms with Crippen molar-refractivity contribution in [2.75, 3.05) is 20.2 Å². The molecule has 0 bridgehead atoms. The van der Waals surface area contributed by atoms with Crippen LogP contribution in [0, 0.1) is 35.5 Å². The van der Waals surface area contributed by atoms with Crippen molar-refractivity contribution in [1.29, 1.82) is 0 Å². The molecule has 4 saturated carbocycles. The fourth-order valence-corrected chi connectivity index (χ4v) is 11.1. The minimum Gasteiger partial charge on any atom is -0.493 e.